The first-order valence-corrected chi connectivity index (χ1v) is 6.76. The summed E-state index contributed by atoms with van der Waals surface area (Å²) in [5, 5.41) is 0. The molecule has 0 aliphatic carbocycles. The number of hydrogen-bond donors (Lipinski definition) is 0. The van der Waals surface area contributed by atoms with Crippen LogP contribution in [0.15, 0.2) is 48.5 Å². The Hall–Kier alpha value is -0.960. The third-order valence-corrected chi connectivity index (χ3v) is 2.97. The molecular formula is C17H21NaO2. The van der Waals surface area contributed by atoms with Crippen molar-refractivity contribution in [2.75, 3.05) is 6.61 Å². The molecule has 3 heteroatoms. The molecule has 2 aromatic rings. The first kappa shape index (κ1) is 17.1. The molecule has 20 heavy (non-hydrogen) atoms. The van der Waals surface area contributed by atoms with Gasteiger partial charge in [0, 0.05) is 0 Å². The molecule has 0 atom stereocenters. The molecule has 0 saturated heterocycles. The van der Waals surface area contributed by atoms with Gasteiger partial charge in [-0.1, -0.05) is 49.4 Å². The van der Waals surface area contributed by atoms with Crippen molar-refractivity contribution in [1.29, 1.82) is 0 Å². The average molecular weight is 280 g/mol. The number of para-hydroxylation sites is 1. The standard InChI is InChI=1S/C17H20O2.Na.H/c1-3-15-11-8-12-16(17(15)18-4-2)19-13-14-9-6-5-7-10-14;;/h5-12H,3-4,13H2,1-2H3;;/q;+1;-1. The zero-order valence-corrected chi connectivity index (χ0v) is 14.6. The van der Waals surface area contributed by atoms with E-state index in [2.05, 4.69) is 25.1 Å². The number of aryl methyl sites for hydroxylation is 1. The van der Waals surface area contributed by atoms with Gasteiger partial charge < -0.3 is 10.9 Å². The van der Waals surface area contributed by atoms with Gasteiger partial charge in [0.15, 0.2) is 11.5 Å². The van der Waals surface area contributed by atoms with Crippen LogP contribution >= 0.6 is 0 Å². The Bertz CT molecular complexity index is 517. The first-order chi connectivity index (χ1) is 9.35. The monoisotopic (exact) mass is 280 g/mol. The number of rotatable bonds is 6. The molecule has 2 rings (SSSR count). The van der Waals surface area contributed by atoms with Crippen LogP contribution in [-0.2, 0) is 13.0 Å². The maximum atomic E-state index is 5.89. The Morgan fingerprint density at radius 2 is 1.65 bits per heavy atom. The number of ether oxygens (including phenoxy) is 2. The van der Waals surface area contributed by atoms with Gasteiger partial charge in [-0.15, -0.1) is 0 Å². The van der Waals surface area contributed by atoms with Crippen molar-refractivity contribution >= 4 is 0 Å². The molecule has 102 valence electrons. The Balaban J connectivity index is 0.00000200. The van der Waals surface area contributed by atoms with Crippen LogP contribution in [-0.4, -0.2) is 6.61 Å². The molecule has 0 spiro atoms. The molecule has 0 aliphatic heterocycles. The molecule has 0 aromatic heterocycles. The Morgan fingerprint density at radius 1 is 0.900 bits per heavy atom. The zero-order chi connectivity index (χ0) is 13.5. The second kappa shape index (κ2) is 9.06. The summed E-state index contributed by atoms with van der Waals surface area (Å²) in [6.07, 6.45) is 0.942. The van der Waals surface area contributed by atoms with Crippen LogP contribution in [0.3, 0.4) is 0 Å². The fourth-order valence-electron chi connectivity index (χ4n) is 2.00. The van der Waals surface area contributed by atoms with Gasteiger partial charge in [0.05, 0.1) is 6.61 Å². The van der Waals surface area contributed by atoms with E-state index in [0.29, 0.717) is 13.2 Å². The SMILES string of the molecule is CCOc1c(CC)cccc1OCc1ccccc1.[H-].[Na+]. The smallest absolute Gasteiger partial charge is 1.00 e. The summed E-state index contributed by atoms with van der Waals surface area (Å²) < 4.78 is 11.6. The third-order valence-electron chi connectivity index (χ3n) is 2.97. The molecule has 0 saturated carbocycles. The Kier molecular flexibility index (Phi) is 7.75. The quantitative estimate of drug-likeness (QED) is 0.744. The minimum atomic E-state index is 0. The molecule has 2 aromatic carbocycles. The summed E-state index contributed by atoms with van der Waals surface area (Å²) in [6, 6.07) is 16.2. The van der Waals surface area contributed by atoms with E-state index in [-0.39, 0.29) is 31.0 Å². The van der Waals surface area contributed by atoms with Crippen molar-refractivity contribution in [3.63, 3.8) is 0 Å². The number of benzene rings is 2. The molecule has 0 amide bonds. The topological polar surface area (TPSA) is 18.5 Å². The minimum Gasteiger partial charge on any atom is -1.00 e. The van der Waals surface area contributed by atoms with Gasteiger partial charge >= 0.3 is 29.6 Å². The van der Waals surface area contributed by atoms with Crippen molar-refractivity contribution in [1.82, 2.24) is 0 Å². The van der Waals surface area contributed by atoms with E-state index < -0.39 is 0 Å². The van der Waals surface area contributed by atoms with E-state index in [1.165, 1.54) is 5.56 Å². The van der Waals surface area contributed by atoms with Gasteiger partial charge in [-0.3, -0.25) is 0 Å². The van der Waals surface area contributed by atoms with Crippen molar-refractivity contribution < 1.29 is 40.5 Å². The largest absolute Gasteiger partial charge is 1.00 e. The van der Waals surface area contributed by atoms with E-state index in [9.17, 15) is 0 Å². The van der Waals surface area contributed by atoms with E-state index >= 15 is 0 Å². The first-order valence-electron chi connectivity index (χ1n) is 6.76. The summed E-state index contributed by atoms with van der Waals surface area (Å²) in [4.78, 5) is 0. The zero-order valence-electron chi connectivity index (χ0n) is 13.6. The predicted molar refractivity (Wildman–Crippen MR) is 78.9 cm³/mol. The van der Waals surface area contributed by atoms with Crippen LogP contribution in [0.1, 0.15) is 26.4 Å². The fraction of sp³-hybridized carbons (Fsp3) is 0.294. The van der Waals surface area contributed by atoms with Gasteiger partial charge in [0.25, 0.3) is 0 Å². The molecule has 2 nitrogen and oxygen atoms in total. The van der Waals surface area contributed by atoms with E-state index in [1.54, 1.807) is 0 Å². The normalized spacial score (nSPS) is 9.70. The van der Waals surface area contributed by atoms with Crippen LogP contribution in [0.5, 0.6) is 11.5 Å². The van der Waals surface area contributed by atoms with Crippen LogP contribution < -0.4 is 39.0 Å². The molecule has 0 unspecified atom stereocenters. The van der Waals surface area contributed by atoms with Crippen molar-refractivity contribution in [2.45, 2.75) is 26.9 Å². The van der Waals surface area contributed by atoms with Crippen molar-refractivity contribution in [3.8, 4) is 11.5 Å². The van der Waals surface area contributed by atoms with E-state index in [1.807, 2.05) is 37.3 Å². The van der Waals surface area contributed by atoms with E-state index in [4.69, 9.17) is 9.47 Å². The van der Waals surface area contributed by atoms with E-state index in [0.717, 1.165) is 23.5 Å². The Labute approximate surface area is 144 Å². The summed E-state index contributed by atoms with van der Waals surface area (Å²) in [5.41, 5.74) is 2.35. The molecule has 0 N–H and O–H groups in total. The Morgan fingerprint density at radius 3 is 2.30 bits per heavy atom. The van der Waals surface area contributed by atoms with Crippen molar-refractivity contribution in [3.05, 3.63) is 59.7 Å². The molecular weight excluding hydrogens is 259 g/mol. The van der Waals surface area contributed by atoms with Gasteiger partial charge in [0.1, 0.15) is 6.61 Å². The minimum absolute atomic E-state index is 0. The van der Waals surface area contributed by atoms with Gasteiger partial charge in [-0.25, -0.2) is 0 Å². The fourth-order valence-corrected chi connectivity index (χ4v) is 2.00. The van der Waals surface area contributed by atoms with Gasteiger partial charge in [0.2, 0.25) is 0 Å². The summed E-state index contributed by atoms with van der Waals surface area (Å²) >= 11 is 0. The molecule has 0 aliphatic rings. The summed E-state index contributed by atoms with van der Waals surface area (Å²) in [5.74, 6) is 1.70. The third kappa shape index (κ3) is 4.55. The van der Waals surface area contributed by atoms with Gasteiger partial charge in [-0.05, 0) is 30.5 Å². The maximum Gasteiger partial charge on any atom is 1.00 e. The van der Waals surface area contributed by atoms with Crippen LogP contribution in [0, 0.1) is 0 Å². The van der Waals surface area contributed by atoms with Crippen LogP contribution in [0.2, 0.25) is 0 Å². The van der Waals surface area contributed by atoms with Crippen LogP contribution in [0.25, 0.3) is 0 Å². The second-order valence-corrected chi connectivity index (χ2v) is 4.31. The van der Waals surface area contributed by atoms with Crippen LogP contribution in [0.4, 0.5) is 0 Å². The summed E-state index contributed by atoms with van der Waals surface area (Å²) in [6.45, 7) is 5.33. The average Bonchev–Trinajstić information content (AvgIpc) is 2.47. The molecule has 0 bridgehead atoms. The second-order valence-electron chi connectivity index (χ2n) is 4.31. The predicted octanol–water partition coefficient (Wildman–Crippen LogP) is 1.34. The molecule has 0 radical (unpaired) electrons. The van der Waals surface area contributed by atoms with Crippen molar-refractivity contribution in [2.24, 2.45) is 0 Å². The summed E-state index contributed by atoms with van der Waals surface area (Å²) in [7, 11) is 0. The van der Waals surface area contributed by atoms with Gasteiger partial charge in [-0.2, -0.15) is 0 Å². The maximum absolute atomic E-state index is 5.89. The number of hydrogen-bond acceptors (Lipinski definition) is 2. The molecule has 0 heterocycles. The molecule has 0 fully saturated rings.